The molecule has 3 aromatic rings. The van der Waals surface area contributed by atoms with E-state index in [0.717, 1.165) is 11.6 Å². The molecule has 0 N–H and O–H groups in total. The van der Waals surface area contributed by atoms with Crippen molar-refractivity contribution in [3.05, 3.63) is 76.7 Å². The number of halogens is 3. The number of nitrogens with zero attached hydrogens (tertiary/aromatic N) is 1. The molecule has 0 spiro atoms. The first-order valence-electron chi connectivity index (χ1n) is 10.0. The molecule has 1 atom stereocenters. The average Bonchev–Trinajstić information content (AvgIpc) is 3.49. The molecule has 6 rings (SSSR count). The Morgan fingerprint density at radius 3 is 2.69 bits per heavy atom. The Balaban J connectivity index is 1.47. The summed E-state index contributed by atoms with van der Waals surface area (Å²) in [7, 11) is 0. The smallest absolute Gasteiger partial charge is 0.449 e. The van der Waals surface area contributed by atoms with E-state index in [1.165, 1.54) is 11.0 Å². The van der Waals surface area contributed by atoms with Gasteiger partial charge in [-0.25, -0.2) is 0 Å². The maximum absolute atomic E-state index is 13.9. The first-order valence-corrected chi connectivity index (χ1v) is 10.0. The van der Waals surface area contributed by atoms with Crippen LogP contribution in [0.3, 0.4) is 0 Å². The van der Waals surface area contributed by atoms with Crippen molar-refractivity contribution in [1.29, 1.82) is 0 Å². The van der Waals surface area contributed by atoms with Crippen LogP contribution in [0.1, 0.15) is 28.2 Å². The molecule has 0 bridgehead atoms. The molecular formula is C23H16F3NO5. The molecule has 1 unspecified atom stereocenters. The number of fused-ring (bicyclic) bond motifs is 1. The van der Waals surface area contributed by atoms with E-state index < -0.39 is 17.5 Å². The van der Waals surface area contributed by atoms with Crippen molar-refractivity contribution in [2.45, 2.75) is 24.7 Å². The van der Waals surface area contributed by atoms with Gasteiger partial charge in [-0.3, -0.25) is 4.79 Å². The van der Waals surface area contributed by atoms with Gasteiger partial charge in [0, 0.05) is 11.1 Å². The number of hydrogen-bond donors (Lipinski definition) is 0. The van der Waals surface area contributed by atoms with Gasteiger partial charge in [-0.15, -0.1) is 0 Å². The zero-order valence-electron chi connectivity index (χ0n) is 16.6. The topological polar surface area (TPSA) is 61.1 Å². The summed E-state index contributed by atoms with van der Waals surface area (Å²) < 4.78 is 61.0. The summed E-state index contributed by atoms with van der Waals surface area (Å²) in [5.74, 6) is -0.369. The predicted molar refractivity (Wildman–Crippen MR) is 104 cm³/mol. The van der Waals surface area contributed by atoms with Crippen LogP contribution in [0.5, 0.6) is 11.5 Å². The summed E-state index contributed by atoms with van der Waals surface area (Å²) in [6.45, 7) is 0.263. The second-order valence-corrected chi connectivity index (χ2v) is 7.81. The van der Waals surface area contributed by atoms with Crippen LogP contribution in [0.25, 0.3) is 0 Å². The van der Waals surface area contributed by atoms with Gasteiger partial charge in [0.15, 0.2) is 17.1 Å². The Hall–Kier alpha value is -3.46. The summed E-state index contributed by atoms with van der Waals surface area (Å²) >= 11 is 0. The fourth-order valence-corrected chi connectivity index (χ4v) is 4.68. The lowest BCUT2D eigenvalue weighted by Gasteiger charge is -2.34. The number of hydrogen-bond acceptors (Lipinski definition) is 5. The highest BCUT2D eigenvalue weighted by molar-refractivity contribution is 6.10. The minimum absolute atomic E-state index is 0.0303. The number of carbonyl (C=O) groups excluding carboxylic acids is 1. The minimum atomic E-state index is -4.60. The van der Waals surface area contributed by atoms with Gasteiger partial charge in [-0.1, -0.05) is 18.2 Å². The van der Waals surface area contributed by atoms with E-state index in [2.05, 4.69) is 0 Å². The fourth-order valence-electron chi connectivity index (χ4n) is 4.68. The van der Waals surface area contributed by atoms with Crippen LogP contribution in [0.2, 0.25) is 0 Å². The Morgan fingerprint density at radius 2 is 1.88 bits per heavy atom. The molecule has 0 radical (unpaired) electrons. The van der Waals surface area contributed by atoms with Gasteiger partial charge < -0.3 is 23.5 Å². The van der Waals surface area contributed by atoms with Crippen molar-refractivity contribution in [2.24, 2.45) is 0 Å². The monoisotopic (exact) mass is 443 g/mol. The quantitative estimate of drug-likeness (QED) is 0.601. The molecule has 9 heteroatoms. The molecule has 1 amide bonds. The van der Waals surface area contributed by atoms with E-state index in [1.54, 1.807) is 24.3 Å². The van der Waals surface area contributed by atoms with E-state index in [4.69, 9.17) is 18.6 Å². The lowest BCUT2D eigenvalue weighted by atomic mass is 9.82. The van der Waals surface area contributed by atoms with Gasteiger partial charge in [0.05, 0.1) is 18.8 Å². The fraction of sp³-hybridized carbons (Fsp3) is 0.261. The van der Waals surface area contributed by atoms with Crippen LogP contribution in [-0.4, -0.2) is 19.3 Å². The van der Waals surface area contributed by atoms with Crippen LogP contribution in [-0.2, 0) is 34.3 Å². The maximum Gasteiger partial charge on any atom is 0.449 e. The number of carbonyl (C=O) groups is 1. The number of furan rings is 1. The van der Waals surface area contributed by atoms with Crippen LogP contribution in [0.4, 0.5) is 18.9 Å². The molecule has 164 valence electrons. The number of benzene rings is 2. The third-order valence-corrected chi connectivity index (χ3v) is 6.04. The number of alkyl halides is 3. The van der Waals surface area contributed by atoms with Crippen LogP contribution < -0.4 is 14.4 Å². The molecule has 4 heterocycles. The Kier molecular flexibility index (Phi) is 3.92. The van der Waals surface area contributed by atoms with Crippen molar-refractivity contribution < 1.29 is 36.6 Å². The van der Waals surface area contributed by atoms with Gasteiger partial charge in [-0.05, 0) is 42.3 Å². The zero-order chi connectivity index (χ0) is 22.1. The first kappa shape index (κ1) is 19.2. The Morgan fingerprint density at radius 1 is 1.03 bits per heavy atom. The number of anilines is 1. The number of ether oxygens (including phenoxy) is 3. The van der Waals surface area contributed by atoms with Gasteiger partial charge >= 0.3 is 6.18 Å². The van der Waals surface area contributed by atoms with Gasteiger partial charge in [0.2, 0.25) is 12.6 Å². The molecule has 3 aliphatic heterocycles. The third kappa shape index (κ3) is 2.60. The van der Waals surface area contributed by atoms with E-state index >= 15 is 0 Å². The van der Waals surface area contributed by atoms with Crippen molar-refractivity contribution in [1.82, 2.24) is 0 Å². The number of amides is 1. The Labute approximate surface area is 180 Å². The lowest BCUT2D eigenvalue weighted by Crippen LogP contribution is -2.45. The normalized spacial score (nSPS) is 21.2. The maximum atomic E-state index is 13.9. The molecule has 1 aromatic heterocycles. The van der Waals surface area contributed by atoms with E-state index in [-0.39, 0.29) is 25.0 Å². The predicted octanol–water partition coefficient (Wildman–Crippen LogP) is 4.39. The molecule has 0 saturated carbocycles. The molecule has 2 aromatic carbocycles. The minimum Gasteiger partial charge on any atom is -0.455 e. The Bertz CT molecular complexity index is 1250. The van der Waals surface area contributed by atoms with Crippen LogP contribution in [0, 0.1) is 0 Å². The molecule has 0 aliphatic carbocycles. The SMILES string of the molecule is O=C1N(Cc2ccc(C(F)(F)F)o2)c2cccc3c2C1(c1ccc2c(c1)OCO2)OCC3. The van der Waals surface area contributed by atoms with Crippen LogP contribution in [0.15, 0.2) is 52.9 Å². The summed E-state index contributed by atoms with van der Waals surface area (Å²) in [6.07, 6.45) is -3.98. The average molecular weight is 443 g/mol. The van der Waals surface area contributed by atoms with Gasteiger partial charge in [0.1, 0.15) is 5.76 Å². The highest BCUT2D eigenvalue weighted by Crippen LogP contribution is 2.52. The van der Waals surface area contributed by atoms with Crippen molar-refractivity contribution >= 4 is 11.6 Å². The summed E-state index contributed by atoms with van der Waals surface area (Å²) in [6, 6.07) is 12.9. The second kappa shape index (κ2) is 6.52. The van der Waals surface area contributed by atoms with E-state index in [1.807, 2.05) is 12.1 Å². The molecule has 32 heavy (non-hydrogen) atoms. The number of rotatable bonds is 3. The molecule has 0 fully saturated rings. The van der Waals surface area contributed by atoms with Crippen molar-refractivity contribution in [2.75, 3.05) is 18.3 Å². The van der Waals surface area contributed by atoms with Crippen molar-refractivity contribution in [3.8, 4) is 11.5 Å². The highest BCUT2D eigenvalue weighted by atomic mass is 19.4. The lowest BCUT2D eigenvalue weighted by molar-refractivity contribution is -0.153. The first-order chi connectivity index (χ1) is 15.4. The van der Waals surface area contributed by atoms with Gasteiger partial charge in [-0.2, -0.15) is 13.2 Å². The summed E-state index contributed by atoms with van der Waals surface area (Å²) in [5, 5.41) is 0. The standard InChI is InChI=1S/C23H16F3NO5/c24-23(25,26)19-7-5-15(32-19)11-27-16-3-1-2-13-8-9-31-22(20(13)16,21(27)28)14-4-6-17-18(10-14)30-12-29-17/h1-7,10H,8-9,11-12H2. The third-order valence-electron chi connectivity index (χ3n) is 6.04. The van der Waals surface area contributed by atoms with E-state index in [0.29, 0.717) is 41.3 Å². The molecular weight excluding hydrogens is 427 g/mol. The van der Waals surface area contributed by atoms with Crippen molar-refractivity contribution in [3.63, 3.8) is 0 Å². The molecule has 0 saturated heterocycles. The van der Waals surface area contributed by atoms with E-state index in [9.17, 15) is 18.0 Å². The zero-order valence-corrected chi connectivity index (χ0v) is 16.6. The molecule has 3 aliphatic rings. The summed E-state index contributed by atoms with van der Waals surface area (Å²) in [5.41, 5.74) is 1.42. The highest BCUT2D eigenvalue weighted by Gasteiger charge is 2.56. The van der Waals surface area contributed by atoms with Crippen LogP contribution >= 0.6 is 0 Å². The summed E-state index contributed by atoms with van der Waals surface area (Å²) in [4.78, 5) is 15.3. The molecule has 6 nitrogen and oxygen atoms in total. The van der Waals surface area contributed by atoms with Gasteiger partial charge in [0.25, 0.3) is 5.91 Å². The largest absolute Gasteiger partial charge is 0.455 e. The second-order valence-electron chi connectivity index (χ2n) is 7.81.